The minimum atomic E-state index is 0. The van der Waals surface area contributed by atoms with Gasteiger partial charge >= 0.3 is 0 Å². The second-order valence-electron chi connectivity index (χ2n) is 2.99. The van der Waals surface area contributed by atoms with Crippen molar-refractivity contribution in [3.8, 4) is 0 Å². The van der Waals surface area contributed by atoms with Crippen LogP contribution in [0.15, 0.2) is 18.2 Å². The Balaban J connectivity index is 0.000000605. The normalized spacial score (nSPS) is 11.5. The van der Waals surface area contributed by atoms with Gasteiger partial charge in [0.05, 0.1) is 0 Å². The monoisotopic (exact) mass is 150 g/mol. The van der Waals surface area contributed by atoms with Gasteiger partial charge < -0.3 is 11.1 Å². The molecule has 1 aliphatic rings. The molecule has 0 radical (unpaired) electrons. The summed E-state index contributed by atoms with van der Waals surface area (Å²) in [6, 6.07) is 6.50. The number of benzene rings is 1. The number of anilines is 1. The summed E-state index contributed by atoms with van der Waals surface area (Å²) in [5.41, 5.74) is 4.44. The molecule has 0 heterocycles. The van der Waals surface area contributed by atoms with Gasteiger partial charge in [0.2, 0.25) is 0 Å². The van der Waals surface area contributed by atoms with Crippen LogP contribution in [0.25, 0.3) is 0 Å². The fraction of sp³-hybridized carbons (Fsp3) is 0.333. The first-order valence-corrected chi connectivity index (χ1v) is 3.57. The lowest BCUT2D eigenvalue weighted by Gasteiger charge is -2.10. The summed E-state index contributed by atoms with van der Waals surface area (Å²) in [6.07, 6.45) is 1.21. The van der Waals surface area contributed by atoms with Crippen molar-refractivity contribution in [2.24, 2.45) is 0 Å². The lowest BCUT2D eigenvalue weighted by molar-refractivity contribution is 1.13. The highest BCUT2D eigenvalue weighted by molar-refractivity contribution is 5.65. The van der Waals surface area contributed by atoms with Crippen LogP contribution in [0.3, 0.4) is 0 Å². The second kappa shape index (κ2) is 2.55. The van der Waals surface area contributed by atoms with Crippen molar-refractivity contribution in [1.82, 2.24) is 6.15 Å². The van der Waals surface area contributed by atoms with Crippen molar-refractivity contribution in [1.29, 1.82) is 0 Å². The van der Waals surface area contributed by atoms with Gasteiger partial charge in [0.1, 0.15) is 0 Å². The molecule has 0 aliphatic heterocycles. The van der Waals surface area contributed by atoms with Crippen molar-refractivity contribution in [2.75, 3.05) is 19.0 Å². The Morgan fingerprint density at radius 1 is 1.27 bits per heavy atom. The van der Waals surface area contributed by atoms with Crippen molar-refractivity contribution < 1.29 is 0 Å². The fourth-order valence-corrected chi connectivity index (χ4v) is 1.34. The van der Waals surface area contributed by atoms with Crippen LogP contribution in [0.4, 0.5) is 5.69 Å². The van der Waals surface area contributed by atoms with Crippen LogP contribution >= 0.6 is 0 Å². The lowest BCUT2D eigenvalue weighted by Crippen LogP contribution is -2.08. The van der Waals surface area contributed by atoms with Crippen LogP contribution < -0.4 is 11.1 Å². The SMILES string of the molecule is CN(C)c1cccc2c1C2.N. The Morgan fingerprint density at radius 3 is 2.55 bits per heavy atom. The van der Waals surface area contributed by atoms with E-state index in [1.165, 1.54) is 23.2 Å². The van der Waals surface area contributed by atoms with E-state index in [2.05, 4.69) is 37.2 Å². The molecule has 2 nitrogen and oxygen atoms in total. The molecule has 0 bridgehead atoms. The van der Waals surface area contributed by atoms with Crippen LogP contribution in [0.2, 0.25) is 0 Å². The molecule has 2 heteroatoms. The molecule has 60 valence electrons. The summed E-state index contributed by atoms with van der Waals surface area (Å²) >= 11 is 0. The van der Waals surface area contributed by atoms with Crippen LogP contribution in [-0.4, -0.2) is 14.1 Å². The van der Waals surface area contributed by atoms with Crippen molar-refractivity contribution in [3.05, 3.63) is 29.3 Å². The third-order valence-corrected chi connectivity index (χ3v) is 1.97. The van der Waals surface area contributed by atoms with E-state index in [0.29, 0.717) is 0 Å². The van der Waals surface area contributed by atoms with E-state index >= 15 is 0 Å². The molecule has 3 N–H and O–H groups in total. The largest absolute Gasteiger partial charge is 0.377 e. The van der Waals surface area contributed by atoms with Gasteiger partial charge in [0.25, 0.3) is 0 Å². The maximum absolute atomic E-state index is 2.20. The zero-order valence-corrected chi connectivity index (χ0v) is 7.09. The fourth-order valence-electron chi connectivity index (χ4n) is 1.34. The Hall–Kier alpha value is -1.02. The zero-order valence-electron chi connectivity index (χ0n) is 7.09. The summed E-state index contributed by atoms with van der Waals surface area (Å²) < 4.78 is 0. The standard InChI is InChI=1S/C9H11N.H3N/c1-10(2)9-5-3-4-7-6-8(7)9;/h3-5H,6H2,1-2H3;1H3. The van der Waals surface area contributed by atoms with Crippen LogP contribution in [0.1, 0.15) is 11.1 Å². The highest BCUT2D eigenvalue weighted by Gasteiger charge is 2.20. The van der Waals surface area contributed by atoms with E-state index in [-0.39, 0.29) is 6.15 Å². The second-order valence-corrected chi connectivity index (χ2v) is 2.99. The topological polar surface area (TPSA) is 38.2 Å². The molecule has 0 spiro atoms. The number of rotatable bonds is 1. The molecule has 1 aromatic rings. The Morgan fingerprint density at radius 2 is 2.00 bits per heavy atom. The van der Waals surface area contributed by atoms with Crippen LogP contribution in [0.5, 0.6) is 0 Å². The van der Waals surface area contributed by atoms with Crippen LogP contribution in [0, 0.1) is 0 Å². The first kappa shape index (κ1) is 8.08. The summed E-state index contributed by atoms with van der Waals surface area (Å²) in [6.45, 7) is 0. The van der Waals surface area contributed by atoms with Gasteiger partial charge in [-0.1, -0.05) is 12.1 Å². The zero-order chi connectivity index (χ0) is 7.14. The van der Waals surface area contributed by atoms with Crippen molar-refractivity contribution in [3.63, 3.8) is 0 Å². The quantitative estimate of drug-likeness (QED) is 0.673. The maximum atomic E-state index is 2.20. The average molecular weight is 150 g/mol. The smallest absolute Gasteiger partial charge is 0.0399 e. The van der Waals surface area contributed by atoms with E-state index in [0.717, 1.165) is 0 Å². The van der Waals surface area contributed by atoms with Crippen LogP contribution in [-0.2, 0) is 6.42 Å². The van der Waals surface area contributed by atoms with E-state index in [4.69, 9.17) is 0 Å². The first-order valence-electron chi connectivity index (χ1n) is 3.57. The van der Waals surface area contributed by atoms with E-state index in [1.54, 1.807) is 0 Å². The number of nitrogens with zero attached hydrogens (tertiary/aromatic N) is 1. The summed E-state index contributed by atoms with van der Waals surface area (Å²) in [5, 5.41) is 0. The van der Waals surface area contributed by atoms with Gasteiger partial charge in [-0.2, -0.15) is 0 Å². The lowest BCUT2D eigenvalue weighted by atomic mass is 10.3. The highest BCUT2D eigenvalue weighted by Crippen LogP contribution is 2.35. The van der Waals surface area contributed by atoms with Gasteiger partial charge in [-0.25, -0.2) is 0 Å². The molecule has 11 heavy (non-hydrogen) atoms. The van der Waals surface area contributed by atoms with Crippen molar-refractivity contribution in [2.45, 2.75) is 6.42 Å². The Labute approximate surface area is 67.4 Å². The number of fused-ring (bicyclic) bond motifs is 1. The molecule has 2 rings (SSSR count). The molecule has 0 saturated heterocycles. The molecule has 1 aromatic carbocycles. The molecular formula is C9H14N2. The van der Waals surface area contributed by atoms with Gasteiger partial charge in [-0.05, 0) is 17.2 Å². The van der Waals surface area contributed by atoms with Gasteiger partial charge in [-0.3, -0.25) is 0 Å². The molecule has 0 amide bonds. The molecule has 1 aliphatic carbocycles. The maximum Gasteiger partial charge on any atom is 0.0399 e. The molecule has 0 atom stereocenters. The molecular weight excluding hydrogens is 136 g/mol. The average Bonchev–Trinajstić information content (AvgIpc) is 2.63. The molecule has 0 unspecified atom stereocenters. The Bertz CT molecular complexity index is 266. The minimum Gasteiger partial charge on any atom is -0.377 e. The van der Waals surface area contributed by atoms with Gasteiger partial charge in [0.15, 0.2) is 0 Å². The number of hydrogen-bond donors (Lipinski definition) is 1. The molecule has 0 fully saturated rings. The van der Waals surface area contributed by atoms with E-state index < -0.39 is 0 Å². The summed E-state index contributed by atoms with van der Waals surface area (Å²) in [5.74, 6) is 0. The van der Waals surface area contributed by atoms with Crippen molar-refractivity contribution >= 4 is 5.69 Å². The highest BCUT2D eigenvalue weighted by atomic mass is 15.1. The third kappa shape index (κ3) is 1.21. The van der Waals surface area contributed by atoms with E-state index in [1.807, 2.05) is 0 Å². The summed E-state index contributed by atoms with van der Waals surface area (Å²) in [7, 11) is 4.18. The summed E-state index contributed by atoms with van der Waals surface area (Å²) in [4.78, 5) is 2.17. The minimum absolute atomic E-state index is 0. The van der Waals surface area contributed by atoms with Gasteiger partial charge in [-0.15, -0.1) is 0 Å². The van der Waals surface area contributed by atoms with E-state index in [9.17, 15) is 0 Å². The molecule has 0 saturated carbocycles. The Kier molecular flexibility index (Phi) is 1.87. The third-order valence-electron chi connectivity index (χ3n) is 1.97. The number of hydrogen-bond acceptors (Lipinski definition) is 2. The molecule has 0 aromatic heterocycles. The van der Waals surface area contributed by atoms with Gasteiger partial charge in [0, 0.05) is 26.2 Å². The first-order chi connectivity index (χ1) is 4.79. The predicted octanol–water partition coefficient (Wildman–Crippen LogP) is 1.82. The predicted molar refractivity (Wildman–Crippen MR) is 48.6 cm³/mol.